The fourth-order valence-corrected chi connectivity index (χ4v) is 4.98. The van der Waals surface area contributed by atoms with Crippen molar-refractivity contribution in [3.63, 3.8) is 0 Å². The molecule has 0 fully saturated rings. The van der Waals surface area contributed by atoms with E-state index < -0.39 is 12.0 Å². The summed E-state index contributed by atoms with van der Waals surface area (Å²) >= 11 is 1.22. The Morgan fingerprint density at radius 2 is 1.86 bits per heavy atom. The van der Waals surface area contributed by atoms with E-state index in [2.05, 4.69) is 4.99 Å². The molecule has 182 valence electrons. The summed E-state index contributed by atoms with van der Waals surface area (Å²) in [6.45, 7) is 5.26. The van der Waals surface area contributed by atoms with Crippen LogP contribution in [0.4, 0.5) is 0 Å². The molecule has 1 N–H and O–H groups in total. The molecule has 0 radical (unpaired) electrons. The molecule has 9 heteroatoms. The average molecular weight is 495 g/mol. The highest BCUT2D eigenvalue weighted by atomic mass is 32.1. The van der Waals surface area contributed by atoms with Crippen LogP contribution in [0.25, 0.3) is 6.08 Å². The van der Waals surface area contributed by atoms with E-state index in [0.29, 0.717) is 32.1 Å². The smallest absolute Gasteiger partial charge is 0.338 e. The van der Waals surface area contributed by atoms with Crippen molar-refractivity contribution in [1.29, 1.82) is 0 Å². The number of aromatic hydroxyl groups is 1. The summed E-state index contributed by atoms with van der Waals surface area (Å²) in [5.74, 6) is 0.633. The molecule has 1 atom stereocenters. The molecule has 0 amide bonds. The first-order chi connectivity index (χ1) is 16.7. The van der Waals surface area contributed by atoms with Crippen LogP contribution in [-0.4, -0.2) is 36.0 Å². The normalized spacial score (nSPS) is 15.6. The minimum absolute atomic E-state index is 0.137. The molecule has 4 rings (SSSR count). The predicted molar refractivity (Wildman–Crippen MR) is 133 cm³/mol. The van der Waals surface area contributed by atoms with Crippen LogP contribution in [0.15, 0.2) is 63.5 Å². The second-order valence-corrected chi connectivity index (χ2v) is 9.24. The van der Waals surface area contributed by atoms with E-state index in [9.17, 15) is 14.7 Å². The highest BCUT2D eigenvalue weighted by Crippen LogP contribution is 2.38. The van der Waals surface area contributed by atoms with Gasteiger partial charge in [-0.05, 0) is 62.7 Å². The number of aromatic nitrogens is 1. The number of rotatable bonds is 6. The maximum absolute atomic E-state index is 13.7. The van der Waals surface area contributed by atoms with Crippen molar-refractivity contribution in [3.8, 4) is 17.2 Å². The van der Waals surface area contributed by atoms with Gasteiger partial charge in [0.05, 0.1) is 36.1 Å². The number of hydrogen-bond donors (Lipinski definition) is 1. The third-order valence-corrected chi connectivity index (χ3v) is 6.49. The van der Waals surface area contributed by atoms with E-state index in [4.69, 9.17) is 14.2 Å². The fraction of sp³-hybridized carbons (Fsp3) is 0.269. The van der Waals surface area contributed by atoms with E-state index in [1.165, 1.54) is 23.0 Å². The van der Waals surface area contributed by atoms with Gasteiger partial charge in [-0.1, -0.05) is 23.5 Å². The molecule has 0 aliphatic carbocycles. The van der Waals surface area contributed by atoms with Gasteiger partial charge in [0.25, 0.3) is 5.56 Å². The zero-order valence-electron chi connectivity index (χ0n) is 20.1. The summed E-state index contributed by atoms with van der Waals surface area (Å²) < 4.78 is 18.5. The molecule has 1 aliphatic rings. The van der Waals surface area contributed by atoms with Gasteiger partial charge in [-0.2, -0.15) is 0 Å². The van der Waals surface area contributed by atoms with Crippen molar-refractivity contribution in [2.75, 3.05) is 14.2 Å². The van der Waals surface area contributed by atoms with Gasteiger partial charge in [0.15, 0.2) is 4.80 Å². The van der Waals surface area contributed by atoms with Crippen LogP contribution in [0.1, 0.15) is 37.9 Å². The Hall–Kier alpha value is -3.85. The lowest BCUT2D eigenvalue weighted by atomic mass is 9.94. The van der Waals surface area contributed by atoms with Crippen molar-refractivity contribution >= 4 is 23.4 Å². The second kappa shape index (κ2) is 9.79. The van der Waals surface area contributed by atoms with Crippen LogP contribution in [0, 0.1) is 0 Å². The number of phenolic OH excluding ortho intramolecular Hbond substituents is 1. The van der Waals surface area contributed by atoms with Crippen LogP contribution in [-0.2, 0) is 9.53 Å². The lowest BCUT2D eigenvalue weighted by molar-refractivity contribution is -0.143. The second-order valence-electron chi connectivity index (χ2n) is 8.24. The summed E-state index contributed by atoms with van der Waals surface area (Å²) in [5.41, 5.74) is 1.74. The number of nitrogens with zero attached hydrogens (tertiary/aromatic N) is 2. The molecule has 8 nitrogen and oxygen atoms in total. The van der Waals surface area contributed by atoms with E-state index >= 15 is 0 Å². The Labute approximate surface area is 206 Å². The Morgan fingerprint density at radius 1 is 1.14 bits per heavy atom. The van der Waals surface area contributed by atoms with E-state index in [1.807, 2.05) is 0 Å². The first kappa shape index (κ1) is 24.3. The number of fused-ring (bicyclic) bond motifs is 1. The summed E-state index contributed by atoms with van der Waals surface area (Å²) in [6.07, 6.45) is 1.38. The van der Waals surface area contributed by atoms with Crippen LogP contribution < -0.4 is 24.4 Å². The number of hydrogen-bond acceptors (Lipinski definition) is 8. The molecule has 1 aliphatic heterocycles. The van der Waals surface area contributed by atoms with E-state index in [-0.39, 0.29) is 23.0 Å². The van der Waals surface area contributed by atoms with Crippen molar-refractivity contribution in [2.45, 2.75) is 32.9 Å². The van der Waals surface area contributed by atoms with Crippen LogP contribution in [0.5, 0.6) is 17.2 Å². The molecule has 3 aromatic rings. The van der Waals surface area contributed by atoms with Gasteiger partial charge in [0.1, 0.15) is 23.3 Å². The molecule has 0 unspecified atom stereocenters. The maximum Gasteiger partial charge on any atom is 0.338 e. The Bertz CT molecular complexity index is 1480. The quantitative estimate of drug-likeness (QED) is 0.529. The number of phenols is 1. The third kappa shape index (κ3) is 4.72. The zero-order chi connectivity index (χ0) is 25.3. The van der Waals surface area contributed by atoms with E-state index in [1.54, 1.807) is 76.4 Å². The highest BCUT2D eigenvalue weighted by molar-refractivity contribution is 7.07. The van der Waals surface area contributed by atoms with Gasteiger partial charge in [0, 0.05) is 5.56 Å². The third-order valence-electron chi connectivity index (χ3n) is 5.51. The summed E-state index contributed by atoms with van der Waals surface area (Å²) in [5, 5.41) is 9.57. The maximum atomic E-state index is 13.7. The summed E-state index contributed by atoms with van der Waals surface area (Å²) in [6, 6.07) is 10.9. The van der Waals surface area contributed by atoms with Gasteiger partial charge in [-0.15, -0.1) is 0 Å². The highest BCUT2D eigenvalue weighted by Gasteiger charge is 2.35. The van der Waals surface area contributed by atoms with E-state index in [0.717, 1.165) is 5.56 Å². The number of esters is 1. The number of carbonyl (C=O) groups is 1. The topological polar surface area (TPSA) is 99.4 Å². The standard InChI is InChI=1S/C26H26N2O6S/c1-14(2)34-25(31)22-15(3)27-26-28(23(22)19-13-18(32-4)10-11-20(19)33-5)24(30)21(35-26)12-16-6-8-17(29)9-7-16/h6-14,23,29H,1-5H3/b21-12-/t23-/m1/s1. The largest absolute Gasteiger partial charge is 0.508 e. The minimum Gasteiger partial charge on any atom is -0.508 e. The summed E-state index contributed by atoms with van der Waals surface area (Å²) in [7, 11) is 3.08. The molecule has 1 aromatic heterocycles. The number of thiazole rings is 1. The molecule has 2 heterocycles. The lowest BCUT2D eigenvalue weighted by Crippen LogP contribution is -2.40. The van der Waals surface area contributed by atoms with Gasteiger partial charge in [-0.3, -0.25) is 9.36 Å². The molecule has 0 saturated carbocycles. The number of ether oxygens (including phenoxy) is 3. The van der Waals surface area contributed by atoms with Gasteiger partial charge in [0.2, 0.25) is 0 Å². The van der Waals surface area contributed by atoms with Crippen molar-refractivity contribution in [1.82, 2.24) is 4.57 Å². The number of allylic oxidation sites excluding steroid dienone is 1. The molecule has 0 spiro atoms. The summed E-state index contributed by atoms with van der Waals surface area (Å²) in [4.78, 5) is 32.0. The number of methoxy groups -OCH3 is 2. The number of carbonyl (C=O) groups excluding carboxylic acids is 1. The van der Waals surface area contributed by atoms with Gasteiger partial charge >= 0.3 is 5.97 Å². The number of benzene rings is 2. The molecular weight excluding hydrogens is 468 g/mol. The first-order valence-corrected chi connectivity index (χ1v) is 11.8. The average Bonchev–Trinajstić information content (AvgIpc) is 3.13. The SMILES string of the molecule is COc1ccc(OC)c([C@@H]2C(C(=O)OC(C)C)=C(C)N=c3s/c(=C\c4ccc(O)cc4)c(=O)n32)c1. The van der Waals surface area contributed by atoms with Crippen molar-refractivity contribution in [2.24, 2.45) is 4.99 Å². The fourth-order valence-electron chi connectivity index (χ4n) is 3.93. The van der Waals surface area contributed by atoms with Crippen LogP contribution in [0.3, 0.4) is 0 Å². The monoisotopic (exact) mass is 494 g/mol. The predicted octanol–water partition coefficient (Wildman–Crippen LogP) is 2.91. The lowest BCUT2D eigenvalue weighted by Gasteiger charge is -2.26. The van der Waals surface area contributed by atoms with Crippen LogP contribution in [0.2, 0.25) is 0 Å². The molecule has 0 bridgehead atoms. The Morgan fingerprint density at radius 3 is 2.49 bits per heavy atom. The van der Waals surface area contributed by atoms with Crippen molar-refractivity contribution < 1.29 is 24.1 Å². The van der Waals surface area contributed by atoms with Gasteiger partial charge < -0.3 is 19.3 Å². The molecule has 0 saturated heterocycles. The molecule has 2 aromatic carbocycles. The molecule has 35 heavy (non-hydrogen) atoms. The Balaban J connectivity index is 2.00. The van der Waals surface area contributed by atoms with Crippen molar-refractivity contribution in [3.05, 3.63) is 84.5 Å². The van der Waals surface area contributed by atoms with Crippen LogP contribution >= 0.6 is 11.3 Å². The minimum atomic E-state index is -0.829. The Kier molecular flexibility index (Phi) is 6.79. The van der Waals surface area contributed by atoms with Gasteiger partial charge in [-0.25, -0.2) is 9.79 Å². The first-order valence-electron chi connectivity index (χ1n) is 11.0. The zero-order valence-corrected chi connectivity index (χ0v) is 20.9. The molecular formula is C26H26N2O6S.